The second-order valence-electron chi connectivity index (χ2n) is 6.33. The average molecular weight is 480 g/mol. The van der Waals surface area contributed by atoms with Gasteiger partial charge in [-0.1, -0.05) is 23.5 Å². The zero-order chi connectivity index (χ0) is 22.6. The first-order chi connectivity index (χ1) is 14.7. The van der Waals surface area contributed by atoms with Crippen LogP contribution in [0.1, 0.15) is 0 Å². The van der Waals surface area contributed by atoms with E-state index in [2.05, 4.69) is 22.9 Å². The van der Waals surface area contributed by atoms with Crippen LogP contribution >= 0.6 is 11.3 Å². The number of rotatable bonds is 10. The molecule has 11 heteroatoms. The quantitative estimate of drug-likeness (QED) is 0.447. The fraction of sp³-hybridized carbons (Fsp3) is 0.150. The molecule has 0 aliphatic carbocycles. The van der Waals surface area contributed by atoms with Gasteiger partial charge in [-0.15, -0.1) is 13.2 Å². The van der Waals surface area contributed by atoms with Crippen molar-refractivity contribution in [1.82, 2.24) is 9.29 Å². The van der Waals surface area contributed by atoms with Crippen LogP contribution in [0.5, 0.6) is 5.75 Å². The van der Waals surface area contributed by atoms with Crippen LogP contribution in [0.4, 0.5) is 5.13 Å². The first kappa shape index (κ1) is 22.9. The molecule has 1 heterocycles. The molecule has 0 aliphatic rings. The molecule has 3 aromatic rings. The molecule has 2 aromatic carbocycles. The lowest BCUT2D eigenvalue weighted by molar-refractivity contribution is 0.414. The summed E-state index contributed by atoms with van der Waals surface area (Å²) in [6, 6.07) is 10.4. The lowest BCUT2D eigenvalue weighted by atomic mass is 10.3. The number of sulfonamides is 2. The van der Waals surface area contributed by atoms with Crippen LogP contribution in [0.3, 0.4) is 0 Å². The highest BCUT2D eigenvalue weighted by Crippen LogP contribution is 2.30. The Labute approximate surface area is 185 Å². The minimum Gasteiger partial charge on any atom is -0.497 e. The Hall–Kier alpha value is -2.73. The summed E-state index contributed by atoms with van der Waals surface area (Å²) in [6.45, 7) is 7.46. The number of methoxy groups -OCH3 is 1. The van der Waals surface area contributed by atoms with Gasteiger partial charge in [0, 0.05) is 13.1 Å². The summed E-state index contributed by atoms with van der Waals surface area (Å²) in [5.41, 5.74) is 0.482. The number of nitrogens with zero attached hydrogens (tertiary/aromatic N) is 2. The molecule has 0 fully saturated rings. The van der Waals surface area contributed by atoms with Crippen molar-refractivity contribution in [2.75, 3.05) is 24.9 Å². The van der Waals surface area contributed by atoms with Crippen molar-refractivity contribution in [3.05, 3.63) is 67.8 Å². The summed E-state index contributed by atoms with van der Waals surface area (Å²) >= 11 is 1.05. The molecule has 31 heavy (non-hydrogen) atoms. The summed E-state index contributed by atoms with van der Waals surface area (Å²) < 4.78 is 60.3. The van der Waals surface area contributed by atoms with Crippen LogP contribution in [-0.2, 0) is 20.0 Å². The molecule has 3 rings (SSSR count). The van der Waals surface area contributed by atoms with Crippen LogP contribution < -0.4 is 9.46 Å². The van der Waals surface area contributed by atoms with E-state index in [0.29, 0.717) is 16.0 Å². The SMILES string of the molecule is C=CCN(CC=C)S(=O)(=O)c1ccc2nc(NS(=O)(=O)c3ccc(OC)cc3)sc2c1. The fourth-order valence-corrected chi connectivity index (χ4v) is 6.37. The van der Waals surface area contributed by atoms with Crippen molar-refractivity contribution in [1.29, 1.82) is 0 Å². The number of ether oxygens (including phenoxy) is 1. The molecule has 164 valence electrons. The molecule has 0 saturated heterocycles. The van der Waals surface area contributed by atoms with Gasteiger partial charge in [-0.25, -0.2) is 21.8 Å². The van der Waals surface area contributed by atoms with E-state index in [1.807, 2.05) is 0 Å². The van der Waals surface area contributed by atoms with Crippen LogP contribution in [0, 0.1) is 0 Å². The monoisotopic (exact) mass is 479 g/mol. The van der Waals surface area contributed by atoms with E-state index in [4.69, 9.17) is 4.74 Å². The molecule has 1 N–H and O–H groups in total. The molecular weight excluding hydrogens is 458 g/mol. The standard InChI is InChI=1S/C20H21N3O5S3/c1-4-12-23(13-5-2)31(26,27)17-10-11-18-19(14-17)29-20(21-18)22-30(24,25)16-8-6-15(28-3)7-9-16/h4-11,14H,1-2,12-13H2,3H3,(H,21,22). The molecule has 8 nitrogen and oxygen atoms in total. The van der Waals surface area contributed by atoms with Crippen LogP contribution in [-0.4, -0.2) is 46.3 Å². The van der Waals surface area contributed by atoms with Crippen LogP contribution in [0.25, 0.3) is 10.2 Å². The minimum atomic E-state index is -3.86. The highest BCUT2D eigenvalue weighted by molar-refractivity contribution is 7.93. The van der Waals surface area contributed by atoms with Gasteiger partial charge in [-0.05, 0) is 42.5 Å². The van der Waals surface area contributed by atoms with Gasteiger partial charge < -0.3 is 4.74 Å². The van der Waals surface area contributed by atoms with Gasteiger partial charge in [0.2, 0.25) is 10.0 Å². The zero-order valence-electron chi connectivity index (χ0n) is 16.7. The number of benzene rings is 2. The minimum absolute atomic E-state index is 0.0558. The van der Waals surface area contributed by atoms with Gasteiger partial charge in [0.15, 0.2) is 5.13 Å². The maximum Gasteiger partial charge on any atom is 0.263 e. The van der Waals surface area contributed by atoms with E-state index in [-0.39, 0.29) is 28.0 Å². The average Bonchev–Trinajstić information content (AvgIpc) is 3.14. The Bertz CT molecular complexity index is 1300. The van der Waals surface area contributed by atoms with E-state index in [9.17, 15) is 16.8 Å². The normalized spacial score (nSPS) is 12.1. The van der Waals surface area contributed by atoms with Crippen LogP contribution in [0.2, 0.25) is 0 Å². The highest BCUT2D eigenvalue weighted by Gasteiger charge is 2.24. The smallest absolute Gasteiger partial charge is 0.263 e. The third kappa shape index (κ3) is 4.96. The summed E-state index contributed by atoms with van der Waals surface area (Å²) in [7, 11) is -6.14. The fourth-order valence-electron chi connectivity index (χ4n) is 2.75. The van der Waals surface area contributed by atoms with Gasteiger partial charge in [0.05, 0.1) is 27.1 Å². The van der Waals surface area contributed by atoms with Crippen molar-refractivity contribution in [3.8, 4) is 5.75 Å². The Morgan fingerprint density at radius 2 is 1.65 bits per heavy atom. The van der Waals surface area contributed by atoms with Gasteiger partial charge in [-0.3, -0.25) is 4.72 Å². The van der Waals surface area contributed by atoms with Crippen molar-refractivity contribution in [3.63, 3.8) is 0 Å². The summed E-state index contributed by atoms with van der Waals surface area (Å²) in [4.78, 5) is 4.40. The number of hydrogen-bond acceptors (Lipinski definition) is 7. The van der Waals surface area contributed by atoms with Crippen molar-refractivity contribution >= 4 is 46.7 Å². The maximum atomic E-state index is 12.9. The van der Waals surface area contributed by atoms with Gasteiger partial charge >= 0.3 is 0 Å². The maximum absolute atomic E-state index is 12.9. The second-order valence-corrected chi connectivity index (χ2v) is 11.0. The van der Waals surface area contributed by atoms with E-state index < -0.39 is 20.0 Å². The highest BCUT2D eigenvalue weighted by atomic mass is 32.2. The summed E-state index contributed by atoms with van der Waals surface area (Å²) in [6.07, 6.45) is 3.00. The van der Waals surface area contributed by atoms with E-state index in [1.165, 1.54) is 47.8 Å². The first-order valence-electron chi connectivity index (χ1n) is 9.00. The molecule has 0 radical (unpaired) electrons. The van der Waals surface area contributed by atoms with Gasteiger partial charge in [0.1, 0.15) is 5.75 Å². The molecule has 0 bridgehead atoms. The molecule has 0 atom stereocenters. The predicted molar refractivity (Wildman–Crippen MR) is 123 cm³/mol. The lowest BCUT2D eigenvalue weighted by Gasteiger charge is -2.18. The summed E-state index contributed by atoms with van der Waals surface area (Å²) in [5, 5.41) is 0.134. The molecule has 1 aromatic heterocycles. The van der Waals surface area contributed by atoms with Crippen molar-refractivity contribution in [2.24, 2.45) is 0 Å². The number of anilines is 1. The third-order valence-electron chi connectivity index (χ3n) is 4.25. The topological polar surface area (TPSA) is 106 Å². The molecule has 0 unspecified atom stereocenters. The van der Waals surface area contributed by atoms with Crippen molar-refractivity contribution in [2.45, 2.75) is 9.79 Å². The second kappa shape index (κ2) is 9.18. The Morgan fingerprint density at radius 1 is 1.03 bits per heavy atom. The number of aromatic nitrogens is 1. The predicted octanol–water partition coefficient (Wildman–Crippen LogP) is 3.47. The Morgan fingerprint density at radius 3 is 2.23 bits per heavy atom. The van der Waals surface area contributed by atoms with Gasteiger partial charge in [0.25, 0.3) is 10.0 Å². The van der Waals surface area contributed by atoms with E-state index >= 15 is 0 Å². The Balaban J connectivity index is 1.91. The number of nitrogens with one attached hydrogen (secondary N) is 1. The number of thiazole rings is 1. The van der Waals surface area contributed by atoms with Gasteiger partial charge in [-0.2, -0.15) is 4.31 Å². The largest absolute Gasteiger partial charge is 0.497 e. The van der Waals surface area contributed by atoms with E-state index in [0.717, 1.165) is 11.3 Å². The van der Waals surface area contributed by atoms with Crippen LogP contribution in [0.15, 0.2) is 77.6 Å². The molecule has 0 saturated carbocycles. The molecule has 0 amide bonds. The first-order valence-corrected chi connectivity index (χ1v) is 12.7. The Kier molecular flexibility index (Phi) is 6.80. The third-order valence-corrected chi connectivity index (χ3v) is 8.50. The van der Waals surface area contributed by atoms with E-state index in [1.54, 1.807) is 18.2 Å². The molecular formula is C20H21N3O5S3. The van der Waals surface area contributed by atoms with Crippen molar-refractivity contribution < 1.29 is 21.6 Å². The molecule has 0 aliphatic heterocycles. The molecule has 0 spiro atoms. The number of fused-ring (bicyclic) bond motifs is 1. The zero-order valence-corrected chi connectivity index (χ0v) is 19.1. The lowest BCUT2D eigenvalue weighted by Crippen LogP contribution is -2.31. The summed E-state index contributed by atoms with van der Waals surface area (Å²) in [5.74, 6) is 0.537. The number of hydrogen-bond donors (Lipinski definition) is 1.